The molecule has 112 valence electrons. The zero-order valence-corrected chi connectivity index (χ0v) is 12.5. The normalized spacial score (nSPS) is 18.0. The topological polar surface area (TPSA) is 62.8 Å². The van der Waals surface area contributed by atoms with Gasteiger partial charge in [0.2, 0.25) is 0 Å². The molecule has 3 aromatic heterocycles. The highest BCUT2D eigenvalue weighted by molar-refractivity contribution is 5.86. The van der Waals surface area contributed by atoms with Gasteiger partial charge in [-0.3, -0.25) is 4.98 Å². The van der Waals surface area contributed by atoms with E-state index in [1.165, 1.54) is 0 Å². The Morgan fingerprint density at radius 1 is 1.27 bits per heavy atom. The second kappa shape index (κ2) is 5.42. The molecule has 1 saturated heterocycles. The fourth-order valence-corrected chi connectivity index (χ4v) is 2.83. The molecule has 1 aliphatic rings. The number of nitrogens with zero attached hydrogens (tertiary/aromatic N) is 2. The van der Waals surface area contributed by atoms with Crippen molar-refractivity contribution in [2.45, 2.75) is 19.4 Å². The molecular formula is C17H18N4O. The minimum Gasteiger partial charge on any atom is -0.379 e. The van der Waals surface area contributed by atoms with Gasteiger partial charge >= 0.3 is 0 Å². The van der Waals surface area contributed by atoms with E-state index in [9.17, 15) is 0 Å². The third kappa shape index (κ3) is 2.55. The van der Waals surface area contributed by atoms with E-state index in [4.69, 9.17) is 4.74 Å². The number of ether oxygens (including phenoxy) is 1. The van der Waals surface area contributed by atoms with Gasteiger partial charge in [0, 0.05) is 47.4 Å². The van der Waals surface area contributed by atoms with Crippen molar-refractivity contribution in [2.24, 2.45) is 0 Å². The molecule has 2 N–H and O–H groups in total. The van der Waals surface area contributed by atoms with Gasteiger partial charge in [0.1, 0.15) is 5.82 Å². The summed E-state index contributed by atoms with van der Waals surface area (Å²) in [6.45, 7) is 3.58. The predicted octanol–water partition coefficient (Wildman–Crippen LogP) is 3.13. The summed E-state index contributed by atoms with van der Waals surface area (Å²) in [5.74, 6) is 0.891. The summed E-state index contributed by atoms with van der Waals surface area (Å²) < 4.78 is 5.39. The highest BCUT2D eigenvalue weighted by atomic mass is 16.5. The molecule has 4 rings (SSSR count). The maximum atomic E-state index is 5.39. The molecule has 0 aliphatic carbocycles. The van der Waals surface area contributed by atoms with Gasteiger partial charge in [0.05, 0.1) is 18.2 Å². The number of anilines is 1. The summed E-state index contributed by atoms with van der Waals surface area (Å²) in [5, 5.41) is 4.53. The Morgan fingerprint density at radius 3 is 3.05 bits per heavy atom. The lowest BCUT2D eigenvalue weighted by atomic mass is 10.2. The molecule has 0 radical (unpaired) electrons. The maximum absolute atomic E-state index is 5.39. The first kappa shape index (κ1) is 13.3. The molecule has 3 aromatic rings. The van der Waals surface area contributed by atoms with Crippen molar-refractivity contribution in [3.63, 3.8) is 0 Å². The lowest BCUT2D eigenvalue weighted by Gasteiger charge is -2.10. The van der Waals surface area contributed by atoms with Crippen LogP contribution in [0.1, 0.15) is 12.1 Å². The zero-order chi connectivity index (χ0) is 14.9. The van der Waals surface area contributed by atoms with Gasteiger partial charge in [-0.15, -0.1) is 0 Å². The standard InChI is InChI=1S/C17H18N4O/c1-11-6-12(2-4-18-11)15-7-13-9-19-17(8-16(13)21-15)20-14-3-5-22-10-14/h2,4,6-9,14,21H,3,5,10H2,1H3,(H,19,20). The van der Waals surface area contributed by atoms with Gasteiger partial charge in [0.25, 0.3) is 0 Å². The van der Waals surface area contributed by atoms with E-state index in [0.29, 0.717) is 6.04 Å². The second-order valence-electron chi connectivity index (χ2n) is 5.73. The van der Waals surface area contributed by atoms with Crippen molar-refractivity contribution in [3.8, 4) is 11.3 Å². The van der Waals surface area contributed by atoms with Crippen LogP contribution in [0.15, 0.2) is 36.7 Å². The molecule has 1 fully saturated rings. The van der Waals surface area contributed by atoms with E-state index in [2.05, 4.69) is 38.5 Å². The smallest absolute Gasteiger partial charge is 0.128 e. The van der Waals surface area contributed by atoms with Crippen LogP contribution in [0, 0.1) is 6.92 Å². The number of aromatic amines is 1. The SMILES string of the molecule is Cc1cc(-c2cc3cnc(NC4CCOC4)cc3[nH]2)ccn1. The Morgan fingerprint density at radius 2 is 2.23 bits per heavy atom. The summed E-state index contributed by atoms with van der Waals surface area (Å²) in [5.41, 5.74) is 4.32. The van der Waals surface area contributed by atoms with E-state index >= 15 is 0 Å². The van der Waals surface area contributed by atoms with Crippen molar-refractivity contribution in [3.05, 3.63) is 42.4 Å². The molecule has 5 nitrogen and oxygen atoms in total. The lowest BCUT2D eigenvalue weighted by Crippen LogP contribution is -2.19. The van der Waals surface area contributed by atoms with E-state index in [0.717, 1.165) is 53.3 Å². The van der Waals surface area contributed by atoms with Crippen molar-refractivity contribution < 1.29 is 4.74 Å². The summed E-state index contributed by atoms with van der Waals surface area (Å²) in [6, 6.07) is 8.64. The van der Waals surface area contributed by atoms with E-state index in [1.54, 1.807) is 0 Å². The second-order valence-corrected chi connectivity index (χ2v) is 5.73. The lowest BCUT2D eigenvalue weighted by molar-refractivity contribution is 0.195. The number of rotatable bonds is 3. The first-order valence-corrected chi connectivity index (χ1v) is 7.54. The van der Waals surface area contributed by atoms with Crippen LogP contribution in [0.5, 0.6) is 0 Å². The number of pyridine rings is 2. The Kier molecular flexibility index (Phi) is 3.27. The van der Waals surface area contributed by atoms with E-state index in [-0.39, 0.29) is 0 Å². The monoisotopic (exact) mass is 294 g/mol. The zero-order valence-electron chi connectivity index (χ0n) is 12.5. The molecule has 1 unspecified atom stereocenters. The minimum atomic E-state index is 0.363. The average molecular weight is 294 g/mol. The van der Waals surface area contributed by atoms with Crippen LogP contribution in [0.4, 0.5) is 5.82 Å². The molecule has 0 bridgehead atoms. The van der Waals surface area contributed by atoms with Crippen LogP contribution in [0.2, 0.25) is 0 Å². The Labute approximate surface area is 128 Å². The summed E-state index contributed by atoms with van der Waals surface area (Å²) in [6.07, 6.45) is 4.77. The Balaban J connectivity index is 1.65. The fraction of sp³-hybridized carbons (Fsp3) is 0.294. The number of nitrogens with one attached hydrogen (secondary N) is 2. The molecule has 0 amide bonds. The number of fused-ring (bicyclic) bond motifs is 1. The molecule has 1 aliphatic heterocycles. The van der Waals surface area contributed by atoms with Gasteiger partial charge in [-0.25, -0.2) is 4.98 Å². The van der Waals surface area contributed by atoms with Crippen LogP contribution >= 0.6 is 0 Å². The van der Waals surface area contributed by atoms with Gasteiger partial charge < -0.3 is 15.0 Å². The highest BCUT2D eigenvalue weighted by Crippen LogP contribution is 2.25. The number of hydrogen-bond acceptors (Lipinski definition) is 4. The predicted molar refractivity (Wildman–Crippen MR) is 86.9 cm³/mol. The van der Waals surface area contributed by atoms with Gasteiger partial charge in [-0.05, 0) is 31.5 Å². The average Bonchev–Trinajstić information content (AvgIpc) is 3.16. The van der Waals surface area contributed by atoms with Crippen molar-refractivity contribution in [1.82, 2.24) is 15.0 Å². The highest BCUT2D eigenvalue weighted by Gasteiger charge is 2.15. The minimum absolute atomic E-state index is 0.363. The van der Waals surface area contributed by atoms with Gasteiger partial charge in [0.15, 0.2) is 0 Å². The summed E-state index contributed by atoms with van der Waals surface area (Å²) >= 11 is 0. The van der Waals surface area contributed by atoms with Crippen molar-refractivity contribution in [2.75, 3.05) is 18.5 Å². The van der Waals surface area contributed by atoms with E-state index in [1.807, 2.05) is 25.4 Å². The number of H-pyrrole nitrogens is 1. The Bertz CT molecular complexity index is 805. The van der Waals surface area contributed by atoms with Crippen LogP contribution in [0.25, 0.3) is 22.2 Å². The van der Waals surface area contributed by atoms with Crippen molar-refractivity contribution in [1.29, 1.82) is 0 Å². The number of hydrogen-bond donors (Lipinski definition) is 2. The molecule has 22 heavy (non-hydrogen) atoms. The first-order chi connectivity index (χ1) is 10.8. The third-order valence-corrected chi connectivity index (χ3v) is 3.99. The fourth-order valence-electron chi connectivity index (χ4n) is 2.83. The summed E-state index contributed by atoms with van der Waals surface area (Å²) in [4.78, 5) is 12.2. The van der Waals surface area contributed by atoms with Crippen LogP contribution in [-0.4, -0.2) is 34.2 Å². The van der Waals surface area contributed by atoms with Crippen LogP contribution < -0.4 is 5.32 Å². The third-order valence-electron chi connectivity index (χ3n) is 3.99. The molecule has 0 saturated carbocycles. The van der Waals surface area contributed by atoms with Gasteiger partial charge in [-0.2, -0.15) is 0 Å². The molecule has 4 heterocycles. The van der Waals surface area contributed by atoms with Crippen LogP contribution in [-0.2, 0) is 4.74 Å². The van der Waals surface area contributed by atoms with Gasteiger partial charge in [-0.1, -0.05) is 0 Å². The largest absolute Gasteiger partial charge is 0.379 e. The number of aryl methyl sites for hydroxylation is 1. The maximum Gasteiger partial charge on any atom is 0.128 e. The Hall–Kier alpha value is -2.40. The molecule has 1 atom stereocenters. The quantitative estimate of drug-likeness (QED) is 0.779. The van der Waals surface area contributed by atoms with E-state index < -0.39 is 0 Å². The molecule has 0 spiro atoms. The molecule has 0 aromatic carbocycles. The summed E-state index contributed by atoms with van der Waals surface area (Å²) in [7, 11) is 0. The molecule has 5 heteroatoms. The van der Waals surface area contributed by atoms with Crippen molar-refractivity contribution >= 4 is 16.7 Å². The van der Waals surface area contributed by atoms with Crippen LogP contribution in [0.3, 0.4) is 0 Å². The first-order valence-electron chi connectivity index (χ1n) is 7.54. The number of aromatic nitrogens is 3. The molecular weight excluding hydrogens is 276 g/mol.